The van der Waals surface area contributed by atoms with Crippen molar-refractivity contribution in [3.8, 4) is 0 Å². The van der Waals surface area contributed by atoms with Crippen LogP contribution in [-0.4, -0.2) is 95.9 Å². The van der Waals surface area contributed by atoms with Gasteiger partial charge in [0, 0.05) is 19.3 Å². The first-order chi connectivity index (χ1) is 42.2. The highest BCUT2D eigenvalue weighted by Crippen LogP contribution is 2.45. The Morgan fingerprint density at radius 3 is 0.954 bits per heavy atom. The second-order valence-corrected chi connectivity index (χ2v) is 25.9. The minimum absolute atomic E-state index is 0.0947. The van der Waals surface area contributed by atoms with E-state index in [-0.39, 0.29) is 19.3 Å². The maximum absolute atomic E-state index is 12.8. The van der Waals surface area contributed by atoms with E-state index in [0.29, 0.717) is 19.3 Å². The topological polar surface area (TPSA) is 231 Å². The molecule has 5 unspecified atom stereocenters. The van der Waals surface area contributed by atoms with E-state index in [0.717, 1.165) is 122 Å². The van der Waals surface area contributed by atoms with Crippen LogP contribution in [0.3, 0.4) is 0 Å². The molecule has 0 radical (unpaired) electrons. The summed E-state index contributed by atoms with van der Waals surface area (Å²) in [7, 11) is -9.76. The number of aliphatic hydroxyl groups excluding tert-OH is 2. The van der Waals surface area contributed by atoms with Crippen LogP contribution in [0.4, 0.5) is 0 Å². The minimum Gasteiger partial charge on any atom is -0.463 e. The third-order valence-electron chi connectivity index (χ3n) is 14.4. The van der Waals surface area contributed by atoms with E-state index in [1.165, 1.54) is 109 Å². The van der Waals surface area contributed by atoms with Crippen LogP contribution < -0.4 is 0 Å². The molecule has 0 aromatic heterocycles. The zero-order valence-corrected chi connectivity index (χ0v) is 56.5. The van der Waals surface area contributed by atoms with Gasteiger partial charge in [-0.25, -0.2) is 9.13 Å². The molecule has 0 aliphatic heterocycles. The number of ether oxygens (including phenoxy) is 3. The standard InChI is InChI=1S/C69H124O16P2/c1-4-7-10-13-16-19-22-23-24-25-26-27-28-29-30-31-32-33-34-35-36-37-38-39-42-44-46-49-52-55-67(72)79-58-64(70)59-81-86(75,76)82-60-65(71)61-83-87(77,78)84-63-66(85-69(74)57-54-51-48-45-41-21-18-15-12-9-6-3)62-80-68(73)56-53-50-47-43-40-20-17-14-11-8-5-2/h14-19,23-24,26-27,29-30,64-66,70-71H,4-13,20-22,25,28,31-63H2,1-3H3,(H,75,76)(H,77,78)/b17-14-,18-15-,19-16-,24-23-,27-26-,30-29-. The number of carbonyl (C=O) groups is 3. The van der Waals surface area contributed by atoms with Gasteiger partial charge in [0.05, 0.1) is 26.4 Å². The van der Waals surface area contributed by atoms with Crippen molar-refractivity contribution in [2.75, 3.05) is 39.6 Å². The average molecular weight is 1270 g/mol. The molecule has 506 valence electrons. The number of hydrogen-bond acceptors (Lipinski definition) is 14. The summed E-state index contributed by atoms with van der Waals surface area (Å²) in [6.07, 6.45) is 65.6. The number of carbonyl (C=O) groups excluding carboxylic acids is 3. The summed E-state index contributed by atoms with van der Waals surface area (Å²) >= 11 is 0. The fourth-order valence-corrected chi connectivity index (χ4v) is 10.6. The Labute approximate surface area is 528 Å². The monoisotopic (exact) mass is 1270 g/mol. The first kappa shape index (κ1) is 84.0. The molecule has 18 heteroatoms. The molecule has 0 amide bonds. The molecule has 0 saturated heterocycles. The maximum Gasteiger partial charge on any atom is 0.472 e. The summed E-state index contributed by atoms with van der Waals surface area (Å²) in [4.78, 5) is 58.1. The van der Waals surface area contributed by atoms with Crippen LogP contribution in [0.15, 0.2) is 72.9 Å². The van der Waals surface area contributed by atoms with Crippen molar-refractivity contribution >= 4 is 33.6 Å². The molecule has 87 heavy (non-hydrogen) atoms. The van der Waals surface area contributed by atoms with Gasteiger partial charge in [0.25, 0.3) is 0 Å². The third kappa shape index (κ3) is 64.3. The van der Waals surface area contributed by atoms with E-state index in [1.807, 2.05) is 0 Å². The summed E-state index contributed by atoms with van der Waals surface area (Å²) < 4.78 is 60.7. The lowest BCUT2D eigenvalue weighted by Gasteiger charge is -2.21. The first-order valence-corrected chi connectivity index (χ1v) is 37.2. The van der Waals surface area contributed by atoms with Crippen molar-refractivity contribution in [3.05, 3.63) is 72.9 Å². The Hall–Kier alpha value is -3.01. The van der Waals surface area contributed by atoms with Gasteiger partial charge >= 0.3 is 33.6 Å². The van der Waals surface area contributed by atoms with Crippen molar-refractivity contribution in [2.24, 2.45) is 0 Å². The summed E-state index contributed by atoms with van der Waals surface area (Å²) in [6.45, 7) is 2.54. The van der Waals surface area contributed by atoms with Crippen LogP contribution in [0.1, 0.15) is 290 Å². The number of rotatable bonds is 65. The summed E-state index contributed by atoms with van der Waals surface area (Å²) in [5, 5.41) is 20.5. The van der Waals surface area contributed by atoms with Crippen LogP contribution in [0.5, 0.6) is 0 Å². The molecule has 0 aliphatic rings. The highest BCUT2D eigenvalue weighted by molar-refractivity contribution is 7.47. The lowest BCUT2D eigenvalue weighted by Crippen LogP contribution is -2.30. The van der Waals surface area contributed by atoms with Gasteiger partial charge in [0.2, 0.25) is 0 Å². The molecule has 5 atom stereocenters. The molecule has 4 N–H and O–H groups in total. The number of phosphoric acid groups is 2. The maximum atomic E-state index is 12.8. The predicted molar refractivity (Wildman–Crippen MR) is 353 cm³/mol. The zero-order valence-electron chi connectivity index (χ0n) is 54.7. The molecule has 0 aromatic rings. The van der Waals surface area contributed by atoms with Crippen molar-refractivity contribution in [3.63, 3.8) is 0 Å². The van der Waals surface area contributed by atoms with Crippen LogP contribution in [0, 0.1) is 0 Å². The van der Waals surface area contributed by atoms with Gasteiger partial charge in [0.15, 0.2) is 6.10 Å². The molecule has 16 nitrogen and oxygen atoms in total. The third-order valence-corrected chi connectivity index (χ3v) is 16.3. The van der Waals surface area contributed by atoms with Gasteiger partial charge < -0.3 is 34.2 Å². The number of esters is 3. The van der Waals surface area contributed by atoms with E-state index in [4.69, 9.17) is 32.3 Å². The molecule has 0 spiro atoms. The van der Waals surface area contributed by atoms with E-state index in [1.54, 1.807) is 0 Å². The minimum atomic E-state index is -4.91. The van der Waals surface area contributed by atoms with E-state index >= 15 is 0 Å². The highest BCUT2D eigenvalue weighted by Gasteiger charge is 2.29. The average Bonchev–Trinajstić information content (AvgIpc) is 3.56. The smallest absolute Gasteiger partial charge is 0.463 e. The fourth-order valence-electron chi connectivity index (χ4n) is 9.05. The molecular formula is C69H124O16P2. The Morgan fingerprint density at radius 2 is 0.586 bits per heavy atom. The molecule has 0 saturated carbocycles. The van der Waals surface area contributed by atoms with Gasteiger partial charge in [0.1, 0.15) is 25.4 Å². The number of aliphatic hydroxyl groups is 2. The molecule has 0 heterocycles. The van der Waals surface area contributed by atoms with Crippen molar-refractivity contribution in [2.45, 2.75) is 309 Å². The highest BCUT2D eigenvalue weighted by atomic mass is 31.2. The van der Waals surface area contributed by atoms with Gasteiger partial charge in [-0.1, -0.05) is 241 Å². The SMILES string of the molecule is CCCC/C=C\CCCCCCCC(=O)OCC(COP(=O)(O)OCC(O)COP(=O)(O)OCC(O)COC(=O)CCCCCCCCCCCCCCC/C=C\C/C=C\C/C=C\C/C=C\CCCCC)OC(=O)CCCCCCC/C=C\CCCC. The Bertz CT molecular complexity index is 1880. The van der Waals surface area contributed by atoms with Crippen molar-refractivity contribution < 1.29 is 75.8 Å². The van der Waals surface area contributed by atoms with E-state index in [9.17, 15) is 43.5 Å². The van der Waals surface area contributed by atoms with E-state index < -0.39 is 91.5 Å². The molecule has 0 fully saturated rings. The molecule has 0 aliphatic carbocycles. The second kappa shape index (κ2) is 63.2. The largest absolute Gasteiger partial charge is 0.472 e. The Balaban J connectivity index is 4.35. The lowest BCUT2D eigenvalue weighted by molar-refractivity contribution is -0.161. The fraction of sp³-hybridized carbons (Fsp3) is 0.783. The molecule has 0 bridgehead atoms. The number of hydrogen-bond donors (Lipinski definition) is 4. The number of allylic oxidation sites excluding steroid dienone is 12. The van der Waals surface area contributed by atoms with Crippen molar-refractivity contribution in [1.29, 1.82) is 0 Å². The Morgan fingerprint density at radius 1 is 0.322 bits per heavy atom. The quantitative estimate of drug-likeness (QED) is 0.0146. The van der Waals surface area contributed by atoms with Crippen LogP contribution in [0.2, 0.25) is 0 Å². The summed E-state index contributed by atoms with van der Waals surface area (Å²) in [5.41, 5.74) is 0. The summed E-state index contributed by atoms with van der Waals surface area (Å²) in [5.74, 6) is -1.59. The van der Waals surface area contributed by atoms with Gasteiger partial charge in [-0.15, -0.1) is 0 Å². The van der Waals surface area contributed by atoms with Crippen LogP contribution in [-0.2, 0) is 55.8 Å². The molecule has 0 rings (SSSR count). The normalized spacial score (nSPS) is 14.7. The number of unbranched alkanes of at least 4 members (excludes halogenated alkanes) is 30. The van der Waals surface area contributed by atoms with Gasteiger partial charge in [-0.2, -0.15) is 0 Å². The molecule has 0 aromatic carbocycles. The van der Waals surface area contributed by atoms with Crippen LogP contribution in [0.25, 0.3) is 0 Å². The van der Waals surface area contributed by atoms with Gasteiger partial charge in [-0.3, -0.25) is 32.5 Å². The number of phosphoric ester groups is 2. The summed E-state index contributed by atoms with van der Waals surface area (Å²) in [6, 6.07) is 0. The molecular weight excluding hydrogens is 1150 g/mol. The van der Waals surface area contributed by atoms with E-state index in [2.05, 4.69) is 93.7 Å². The van der Waals surface area contributed by atoms with Crippen LogP contribution >= 0.6 is 15.6 Å². The Kier molecular flexibility index (Phi) is 61.0. The predicted octanol–water partition coefficient (Wildman–Crippen LogP) is 18.8. The first-order valence-electron chi connectivity index (χ1n) is 34.2. The zero-order chi connectivity index (χ0) is 63.8. The lowest BCUT2D eigenvalue weighted by atomic mass is 10.0. The van der Waals surface area contributed by atoms with Gasteiger partial charge in [-0.05, 0) is 103 Å². The van der Waals surface area contributed by atoms with Crippen molar-refractivity contribution in [1.82, 2.24) is 0 Å². The second-order valence-electron chi connectivity index (χ2n) is 23.0.